The third kappa shape index (κ3) is 2.40. The van der Waals surface area contributed by atoms with Crippen molar-refractivity contribution in [3.63, 3.8) is 0 Å². The van der Waals surface area contributed by atoms with Crippen molar-refractivity contribution < 1.29 is 24.2 Å². The van der Waals surface area contributed by atoms with Crippen LogP contribution in [0, 0.1) is 0 Å². The van der Waals surface area contributed by atoms with E-state index in [0.29, 0.717) is 20.2 Å². The predicted octanol–water partition coefficient (Wildman–Crippen LogP) is 2.09. The topological polar surface area (TPSA) is 89.9 Å². The molecule has 0 aliphatic heterocycles. The van der Waals surface area contributed by atoms with E-state index in [1.165, 1.54) is 0 Å². The Labute approximate surface area is 145 Å². The van der Waals surface area contributed by atoms with E-state index in [0.717, 1.165) is 14.2 Å². The van der Waals surface area contributed by atoms with Gasteiger partial charge in [-0.05, 0) is 24.3 Å². The molecular weight excluding hydrogens is 344 g/mol. The van der Waals surface area contributed by atoms with E-state index < -0.39 is 27.3 Å². The van der Waals surface area contributed by atoms with E-state index in [1.54, 1.807) is 48.5 Å². The molecule has 3 rings (SSSR count). The highest BCUT2D eigenvalue weighted by Crippen LogP contribution is 2.47. The lowest BCUT2D eigenvalue weighted by Gasteiger charge is -2.17. The number of fused-ring (bicyclic) bond motifs is 2. The van der Waals surface area contributed by atoms with Crippen LogP contribution in [-0.2, 0) is 24.0 Å². The third-order valence-corrected chi connectivity index (χ3v) is 6.44. The molecule has 0 atom stereocenters. The zero-order valence-corrected chi connectivity index (χ0v) is 14.3. The van der Waals surface area contributed by atoms with Crippen molar-refractivity contribution in [3.05, 3.63) is 58.8 Å². The summed E-state index contributed by atoms with van der Waals surface area (Å²) in [6, 6.07) is 13.1. The molecule has 0 radical (unpaired) electrons. The molecule has 2 aromatic carbocycles. The zero-order valence-electron chi connectivity index (χ0n) is 13.5. The van der Waals surface area contributed by atoms with Gasteiger partial charge in [0.25, 0.3) is 0 Å². The van der Waals surface area contributed by atoms with Crippen LogP contribution in [0.4, 0.5) is 0 Å². The number of ether oxygens (including phenoxy) is 2. The van der Waals surface area contributed by atoms with Gasteiger partial charge in [-0.1, -0.05) is 24.3 Å². The van der Waals surface area contributed by atoms with Crippen LogP contribution in [0.25, 0.3) is 20.2 Å². The summed E-state index contributed by atoms with van der Waals surface area (Å²) in [7, 11) is 0.659. The minimum Gasteiger partial charge on any atom is -0.462 e. The van der Waals surface area contributed by atoms with Gasteiger partial charge in [-0.2, -0.15) is 0 Å². The maximum absolute atomic E-state index is 12.7. The average Bonchev–Trinajstić information content (AvgIpc) is 2.66. The van der Waals surface area contributed by atoms with Crippen molar-refractivity contribution in [2.75, 3.05) is 14.2 Å². The standard InChI is InChI=1S/C18H15O6S/c1-23-16(20)18(22,17(21)24-2)25-13-9-5-3-7-11(13)15(19)12-8-4-6-10-14(12)25/h3-10,22H,1-2H3/q+1. The second-order valence-electron chi connectivity index (χ2n) is 5.25. The molecule has 0 fully saturated rings. The summed E-state index contributed by atoms with van der Waals surface area (Å²) in [5.74, 6) is -2.27. The van der Waals surface area contributed by atoms with Crippen LogP contribution < -0.4 is 5.43 Å². The van der Waals surface area contributed by atoms with Crippen LogP contribution >= 0.6 is 10.5 Å². The maximum atomic E-state index is 12.7. The Morgan fingerprint density at radius 3 is 1.68 bits per heavy atom. The van der Waals surface area contributed by atoms with Gasteiger partial charge in [0.15, 0.2) is 9.40 Å². The Balaban J connectivity index is 2.60. The number of carbonyl (C=O) groups excluding carboxylic acids is 2. The van der Waals surface area contributed by atoms with Crippen molar-refractivity contribution >= 4 is 42.6 Å². The molecule has 1 aromatic heterocycles. The van der Waals surface area contributed by atoms with Gasteiger partial charge in [0.2, 0.25) is 5.43 Å². The quantitative estimate of drug-likeness (QED) is 0.333. The summed E-state index contributed by atoms with van der Waals surface area (Å²) < 4.78 is 10.1. The first-order valence-electron chi connectivity index (χ1n) is 7.33. The van der Waals surface area contributed by atoms with Gasteiger partial charge in [-0.3, -0.25) is 4.79 Å². The summed E-state index contributed by atoms with van der Waals surface area (Å²) in [5.41, 5.74) is -0.230. The van der Waals surface area contributed by atoms with Crippen LogP contribution in [0.3, 0.4) is 0 Å². The van der Waals surface area contributed by atoms with Gasteiger partial charge >= 0.3 is 16.9 Å². The van der Waals surface area contributed by atoms with Crippen LogP contribution in [0.1, 0.15) is 0 Å². The fourth-order valence-corrected chi connectivity index (χ4v) is 5.34. The minimum absolute atomic E-state index is 0.230. The van der Waals surface area contributed by atoms with Crippen LogP contribution in [-0.4, -0.2) is 31.3 Å². The molecule has 1 N–H and O–H groups in total. The van der Waals surface area contributed by atoms with E-state index in [4.69, 9.17) is 0 Å². The SMILES string of the molecule is COC(=O)C(O)(C(=O)OC)[s+]1c2ccccc2c(=O)c2ccccc21. The highest BCUT2D eigenvalue weighted by Gasteiger charge is 2.60. The van der Waals surface area contributed by atoms with Crippen molar-refractivity contribution in [2.45, 2.75) is 4.93 Å². The minimum atomic E-state index is -2.59. The van der Waals surface area contributed by atoms with Gasteiger partial charge in [-0.15, -0.1) is 0 Å². The summed E-state index contributed by atoms with van der Waals surface area (Å²) in [5, 5.41) is 11.8. The normalized spacial score (nSPS) is 11.5. The average molecular weight is 359 g/mol. The Morgan fingerprint density at radius 2 is 1.28 bits per heavy atom. The molecule has 128 valence electrons. The largest absolute Gasteiger partial charge is 0.462 e. The second-order valence-corrected chi connectivity index (χ2v) is 7.34. The number of esters is 2. The lowest BCUT2D eigenvalue weighted by Crippen LogP contribution is -2.42. The molecule has 25 heavy (non-hydrogen) atoms. The maximum Gasteiger partial charge on any atom is 0.443 e. The van der Waals surface area contributed by atoms with Crippen molar-refractivity contribution in [2.24, 2.45) is 0 Å². The van der Waals surface area contributed by atoms with Crippen LogP contribution in [0.5, 0.6) is 0 Å². The first-order chi connectivity index (χ1) is 12.0. The Hall–Kier alpha value is -2.77. The summed E-state index contributed by atoms with van der Waals surface area (Å²) >= 11 is 0. The number of carbonyl (C=O) groups is 2. The Bertz CT molecular complexity index is 976. The zero-order chi connectivity index (χ0) is 18.2. The second kappa shape index (κ2) is 6.27. The highest BCUT2D eigenvalue weighted by atomic mass is 32.2. The molecule has 7 heteroatoms. The first kappa shape index (κ1) is 17.1. The summed E-state index contributed by atoms with van der Waals surface area (Å²) in [6.07, 6.45) is 0. The smallest absolute Gasteiger partial charge is 0.443 e. The fourth-order valence-electron chi connectivity index (χ4n) is 2.77. The van der Waals surface area contributed by atoms with Crippen molar-refractivity contribution in [1.29, 1.82) is 0 Å². The molecule has 0 unspecified atom stereocenters. The van der Waals surface area contributed by atoms with Crippen molar-refractivity contribution in [1.82, 2.24) is 0 Å². The molecule has 1 heterocycles. The van der Waals surface area contributed by atoms with E-state index in [9.17, 15) is 19.5 Å². The van der Waals surface area contributed by atoms with Gasteiger partial charge in [-0.25, -0.2) is 9.59 Å². The highest BCUT2D eigenvalue weighted by molar-refractivity contribution is 7.45. The number of benzene rings is 2. The first-order valence-corrected chi connectivity index (χ1v) is 8.55. The third-order valence-electron chi connectivity index (χ3n) is 3.92. The van der Waals surface area contributed by atoms with E-state index >= 15 is 0 Å². The van der Waals surface area contributed by atoms with Gasteiger partial charge in [0.05, 0.1) is 25.0 Å². The summed E-state index contributed by atoms with van der Waals surface area (Å²) in [6.45, 7) is 0. The molecular formula is C18H15O6S+. The lowest BCUT2D eigenvalue weighted by molar-refractivity contribution is -0.175. The monoisotopic (exact) mass is 359 g/mol. The number of aliphatic hydroxyl groups is 1. The molecule has 0 spiro atoms. The number of methoxy groups -OCH3 is 2. The number of hydrogen-bond donors (Lipinski definition) is 1. The van der Waals surface area contributed by atoms with E-state index in [-0.39, 0.29) is 5.43 Å². The molecule has 0 saturated heterocycles. The molecule has 6 nitrogen and oxygen atoms in total. The predicted molar refractivity (Wildman–Crippen MR) is 94.4 cm³/mol. The molecule has 0 aliphatic carbocycles. The molecule has 0 amide bonds. The summed E-state index contributed by atoms with van der Waals surface area (Å²) in [4.78, 5) is 34.9. The molecule has 0 bridgehead atoms. The van der Waals surface area contributed by atoms with Gasteiger partial charge < -0.3 is 14.6 Å². The van der Waals surface area contributed by atoms with Crippen molar-refractivity contribution in [3.8, 4) is 0 Å². The van der Waals surface area contributed by atoms with Gasteiger partial charge in [0.1, 0.15) is 0 Å². The molecule has 3 aromatic rings. The number of hydrogen-bond acceptors (Lipinski definition) is 6. The Morgan fingerprint density at radius 1 is 0.880 bits per heavy atom. The lowest BCUT2D eigenvalue weighted by atomic mass is 10.2. The number of rotatable bonds is 3. The van der Waals surface area contributed by atoms with E-state index in [1.807, 2.05) is 0 Å². The van der Waals surface area contributed by atoms with Crippen LogP contribution in [0.2, 0.25) is 0 Å². The molecule has 0 saturated carbocycles. The van der Waals surface area contributed by atoms with Crippen LogP contribution in [0.15, 0.2) is 53.3 Å². The van der Waals surface area contributed by atoms with Gasteiger partial charge in [0, 0.05) is 10.5 Å². The molecule has 0 aliphatic rings. The Kier molecular flexibility index (Phi) is 4.28. The fraction of sp³-hybridized carbons (Fsp3) is 0.167. The van der Waals surface area contributed by atoms with E-state index in [2.05, 4.69) is 9.47 Å².